The van der Waals surface area contributed by atoms with Crippen LogP contribution in [0.1, 0.15) is 34.7 Å². The van der Waals surface area contributed by atoms with Crippen LogP contribution in [-0.2, 0) is 14.3 Å². The minimum atomic E-state index is -0.537. The second-order valence-corrected chi connectivity index (χ2v) is 9.38. The molecule has 0 unspecified atom stereocenters. The molecule has 4 atom stereocenters. The highest BCUT2D eigenvalue weighted by Gasteiger charge is 2.46. The fraction of sp³-hybridized carbons (Fsp3) is 0.462. The van der Waals surface area contributed by atoms with Crippen LogP contribution in [0.15, 0.2) is 36.4 Å². The minimum absolute atomic E-state index is 0.0299. The van der Waals surface area contributed by atoms with Gasteiger partial charge in [-0.25, -0.2) is 0 Å². The molecule has 2 aromatic carbocycles. The topological polar surface area (TPSA) is 116 Å². The number of carbonyl (C=O) groups is 2. The number of ether oxygens (including phenoxy) is 5. The lowest BCUT2D eigenvalue weighted by Crippen LogP contribution is -2.48. The Kier molecular flexibility index (Phi) is 6.16. The van der Waals surface area contributed by atoms with E-state index in [4.69, 9.17) is 23.7 Å². The normalized spacial score (nSPS) is 26.1. The van der Waals surface area contributed by atoms with E-state index in [0.717, 1.165) is 5.56 Å². The van der Waals surface area contributed by atoms with Crippen molar-refractivity contribution in [1.82, 2.24) is 4.90 Å². The van der Waals surface area contributed by atoms with Crippen LogP contribution in [0.3, 0.4) is 0 Å². The average molecular weight is 497 g/mol. The van der Waals surface area contributed by atoms with Crippen molar-refractivity contribution in [3.8, 4) is 17.2 Å². The number of benzene rings is 2. The summed E-state index contributed by atoms with van der Waals surface area (Å²) in [6.45, 7) is 2.20. The van der Waals surface area contributed by atoms with Crippen molar-refractivity contribution in [2.24, 2.45) is 0 Å². The van der Waals surface area contributed by atoms with Crippen molar-refractivity contribution < 1.29 is 38.4 Å². The van der Waals surface area contributed by atoms with Crippen LogP contribution in [-0.4, -0.2) is 79.8 Å². The van der Waals surface area contributed by atoms with Crippen molar-refractivity contribution in [3.63, 3.8) is 0 Å². The highest BCUT2D eigenvalue weighted by molar-refractivity contribution is 6.04. The number of anilines is 1. The molecular weight excluding hydrogens is 468 g/mol. The zero-order valence-electron chi connectivity index (χ0n) is 19.7. The smallest absolute Gasteiger partial charge is 0.255 e. The van der Waals surface area contributed by atoms with Crippen LogP contribution < -0.4 is 19.5 Å². The summed E-state index contributed by atoms with van der Waals surface area (Å²) in [5, 5.41) is 12.9. The van der Waals surface area contributed by atoms with Gasteiger partial charge in [0.25, 0.3) is 5.91 Å². The third-order valence-electron chi connectivity index (χ3n) is 7.16. The van der Waals surface area contributed by atoms with E-state index in [1.807, 2.05) is 12.1 Å². The van der Waals surface area contributed by atoms with Gasteiger partial charge in [-0.3, -0.25) is 9.59 Å². The third kappa shape index (κ3) is 4.36. The van der Waals surface area contributed by atoms with Crippen LogP contribution in [0.2, 0.25) is 0 Å². The molecule has 4 aliphatic heterocycles. The van der Waals surface area contributed by atoms with Crippen LogP contribution in [0.5, 0.6) is 17.2 Å². The van der Waals surface area contributed by atoms with Crippen LogP contribution in [0, 0.1) is 0 Å². The van der Waals surface area contributed by atoms with E-state index >= 15 is 0 Å². The summed E-state index contributed by atoms with van der Waals surface area (Å²) in [5.41, 5.74) is 2.03. The fourth-order valence-electron chi connectivity index (χ4n) is 5.34. The molecule has 0 radical (unpaired) electrons. The fourth-order valence-corrected chi connectivity index (χ4v) is 5.34. The summed E-state index contributed by atoms with van der Waals surface area (Å²) in [4.78, 5) is 27.5. The second-order valence-electron chi connectivity index (χ2n) is 9.38. The Bertz CT molecular complexity index is 1160. The van der Waals surface area contributed by atoms with E-state index in [2.05, 4.69) is 5.32 Å². The van der Waals surface area contributed by atoms with Gasteiger partial charge in [0.2, 0.25) is 12.7 Å². The summed E-state index contributed by atoms with van der Waals surface area (Å²) >= 11 is 0. The number of morpholine rings is 1. The van der Waals surface area contributed by atoms with E-state index in [1.165, 1.54) is 0 Å². The predicted molar refractivity (Wildman–Crippen MR) is 126 cm³/mol. The standard InChI is InChI=1S/C26H28N2O8/c29-13-23-25-19(11-17(35-23)12-24(30)28-5-7-32-8-6-28)18-10-16(2-4-20(18)36-25)27-26(31)15-1-3-21-22(9-15)34-14-33-21/h1-4,9-10,17,19,23,25,29H,5-8,11-14H2,(H,27,31)/t17-,19+,23-,25-/m0/s1. The molecule has 0 bridgehead atoms. The summed E-state index contributed by atoms with van der Waals surface area (Å²) < 4.78 is 28.2. The molecule has 6 rings (SSSR count). The molecule has 36 heavy (non-hydrogen) atoms. The minimum Gasteiger partial charge on any atom is -0.487 e. The molecule has 10 nitrogen and oxygen atoms in total. The van der Waals surface area contributed by atoms with Crippen LogP contribution in [0.4, 0.5) is 5.69 Å². The number of fused-ring (bicyclic) bond motifs is 4. The first-order chi connectivity index (χ1) is 17.6. The summed E-state index contributed by atoms with van der Waals surface area (Å²) in [6, 6.07) is 10.6. The number of amides is 2. The largest absolute Gasteiger partial charge is 0.487 e. The highest BCUT2D eigenvalue weighted by atomic mass is 16.7. The van der Waals surface area contributed by atoms with E-state index in [9.17, 15) is 14.7 Å². The SMILES string of the molecule is O=C(Nc1ccc2c(c1)[C@H]1C[C@@H](CC(=O)N3CCOCC3)O[C@@H](CO)[C@H]1O2)c1ccc2c(c1)OCO2. The van der Waals surface area contributed by atoms with Gasteiger partial charge in [0.1, 0.15) is 18.0 Å². The number of hydrogen-bond acceptors (Lipinski definition) is 8. The van der Waals surface area contributed by atoms with E-state index in [-0.39, 0.29) is 49.8 Å². The third-order valence-corrected chi connectivity index (χ3v) is 7.16. The lowest BCUT2D eigenvalue weighted by Gasteiger charge is -2.38. The second kappa shape index (κ2) is 9.61. The van der Waals surface area contributed by atoms with Crippen molar-refractivity contribution in [2.75, 3.05) is 45.0 Å². The lowest BCUT2D eigenvalue weighted by atomic mass is 9.84. The molecule has 4 aliphatic rings. The molecule has 190 valence electrons. The number of aliphatic hydroxyl groups excluding tert-OH is 1. The van der Waals surface area contributed by atoms with Crippen molar-refractivity contribution in [3.05, 3.63) is 47.5 Å². The van der Waals surface area contributed by atoms with Gasteiger partial charge >= 0.3 is 0 Å². The van der Waals surface area contributed by atoms with Gasteiger partial charge in [0, 0.05) is 35.8 Å². The molecule has 4 heterocycles. The molecule has 2 fully saturated rings. The lowest BCUT2D eigenvalue weighted by molar-refractivity contribution is -0.151. The Labute approximate surface area is 208 Å². The molecular formula is C26H28N2O8. The maximum atomic E-state index is 12.9. The zero-order valence-corrected chi connectivity index (χ0v) is 19.7. The molecule has 0 aliphatic carbocycles. The first-order valence-electron chi connectivity index (χ1n) is 12.2. The van der Waals surface area contributed by atoms with Gasteiger partial charge < -0.3 is 39.0 Å². The maximum absolute atomic E-state index is 12.9. The Hall–Kier alpha value is -3.34. The van der Waals surface area contributed by atoms with Crippen LogP contribution >= 0.6 is 0 Å². The average Bonchev–Trinajstić information content (AvgIpc) is 3.52. The van der Waals surface area contributed by atoms with E-state index < -0.39 is 6.10 Å². The molecule has 10 heteroatoms. The summed E-state index contributed by atoms with van der Waals surface area (Å²) in [6.07, 6.45) is -0.385. The van der Waals surface area contributed by atoms with Crippen molar-refractivity contribution in [2.45, 2.75) is 37.1 Å². The Balaban J connectivity index is 1.17. The van der Waals surface area contributed by atoms with E-state index in [0.29, 0.717) is 61.2 Å². The molecule has 0 spiro atoms. The molecule has 0 aromatic heterocycles. The first kappa shape index (κ1) is 23.1. The van der Waals surface area contributed by atoms with Crippen LogP contribution in [0.25, 0.3) is 0 Å². The summed E-state index contributed by atoms with van der Waals surface area (Å²) in [5.74, 6) is 1.57. The predicted octanol–water partition coefficient (Wildman–Crippen LogP) is 1.91. The number of nitrogens with zero attached hydrogens (tertiary/aromatic N) is 1. The number of aliphatic hydroxyl groups is 1. The quantitative estimate of drug-likeness (QED) is 0.645. The van der Waals surface area contributed by atoms with Crippen molar-refractivity contribution in [1.29, 1.82) is 0 Å². The number of hydrogen-bond donors (Lipinski definition) is 2. The van der Waals surface area contributed by atoms with Gasteiger partial charge in [-0.1, -0.05) is 0 Å². The number of rotatable bonds is 5. The zero-order chi connectivity index (χ0) is 24.6. The van der Waals surface area contributed by atoms with Gasteiger partial charge in [-0.05, 0) is 42.8 Å². The Morgan fingerprint density at radius 3 is 2.67 bits per heavy atom. The molecule has 2 amide bonds. The Morgan fingerprint density at radius 1 is 1.03 bits per heavy atom. The Morgan fingerprint density at radius 2 is 1.83 bits per heavy atom. The summed E-state index contributed by atoms with van der Waals surface area (Å²) in [7, 11) is 0. The monoisotopic (exact) mass is 496 g/mol. The number of carbonyl (C=O) groups excluding carboxylic acids is 2. The molecule has 0 saturated carbocycles. The molecule has 2 saturated heterocycles. The van der Waals surface area contributed by atoms with Gasteiger partial charge in [0.05, 0.1) is 32.3 Å². The highest BCUT2D eigenvalue weighted by Crippen LogP contribution is 2.47. The molecule has 2 aromatic rings. The first-order valence-corrected chi connectivity index (χ1v) is 12.2. The van der Waals surface area contributed by atoms with Gasteiger partial charge in [-0.2, -0.15) is 0 Å². The van der Waals surface area contributed by atoms with Crippen molar-refractivity contribution >= 4 is 17.5 Å². The number of nitrogens with one attached hydrogen (secondary N) is 1. The van der Waals surface area contributed by atoms with Gasteiger partial charge in [-0.15, -0.1) is 0 Å². The maximum Gasteiger partial charge on any atom is 0.255 e. The van der Waals surface area contributed by atoms with E-state index in [1.54, 1.807) is 29.2 Å². The molecule has 2 N–H and O–H groups in total. The van der Waals surface area contributed by atoms with Gasteiger partial charge in [0.15, 0.2) is 11.5 Å².